The molecule has 118 valence electrons. The highest BCUT2D eigenvalue weighted by Crippen LogP contribution is 2.13. The van der Waals surface area contributed by atoms with Crippen LogP contribution in [0.2, 0.25) is 0 Å². The second kappa shape index (κ2) is 10.3. The number of rotatable bonds is 11. The molecule has 21 heavy (non-hydrogen) atoms. The quantitative estimate of drug-likeness (QED) is 0.463. The number of benzene rings is 1. The highest BCUT2D eigenvalue weighted by Gasteiger charge is 2.15. The summed E-state index contributed by atoms with van der Waals surface area (Å²) >= 11 is 0. The van der Waals surface area contributed by atoms with Crippen LogP contribution in [0.25, 0.3) is 0 Å². The molecule has 0 aliphatic rings. The summed E-state index contributed by atoms with van der Waals surface area (Å²) in [7, 11) is 3.23. The molecule has 0 fully saturated rings. The van der Waals surface area contributed by atoms with Crippen LogP contribution in [0.15, 0.2) is 24.3 Å². The third-order valence-corrected chi connectivity index (χ3v) is 2.98. The van der Waals surface area contributed by atoms with Crippen molar-refractivity contribution < 1.29 is 23.7 Å². The first-order valence-corrected chi connectivity index (χ1v) is 7.05. The molecule has 0 radical (unpaired) electrons. The molecule has 0 amide bonds. The lowest BCUT2D eigenvalue weighted by Gasteiger charge is -2.12. The molecule has 0 N–H and O–H groups in total. The lowest BCUT2D eigenvalue weighted by Crippen LogP contribution is -2.22. The first kappa shape index (κ1) is 17.6. The smallest absolute Gasteiger partial charge is 0.191 e. The zero-order chi connectivity index (χ0) is 15.5. The van der Waals surface area contributed by atoms with E-state index in [1.165, 1.54) is 0 Å². The number of ether oxygens (including phenoxy) is 4. The maximum absolute atomic E-state index is 12.1. The van der Waals surface area contributed by atoms with Gasteiger partial charge < -0.3 is 18.9 Å². The van der Waals surface area contributed by atoms with Crippen LogP contribution < -0.4 is 4.74 Å². The molecule has 1 atom stereocenters. The molecule has 0 aromatic heterocycles. The van der Waals surface area contributed by atoms with E-state index >= 15 is 0 Å². The number of ketones is 1. The van der Waals surface area contributed by atoms with E-state index in [-0.39, 0.29) is 5.78 Å². The van der Waals surface area contributed by atoms with Crippen molar-refractivity contribution in [3.8, 4) is 5.75 Å². The topological polar surface area (TPSA) is 54.0 Å². The molecule has 0 saturated carbocycles. The van der Waals surface area contributed by atoms with Crippen molar-refractivity contribution in [2.75, 3.05) is 40.6 Å². The largest absolute Gasteiger partial charge is 0.497 e. The minimum Gasteiger partial charge on any atom is -0.497 e. The van der Waals surface area contributed by atoms with E-state index in [4.69, 9.17) is 18.9 Å². The minimum atomic E-state index is -0.461. The van der Waals surface area contributed by atoms with Gasteiger partial charge in [-0.1, -0.05) is 0 Å². The number of methoxy groups -OCH3 is 2. The molecule has 1 aromatic carbocycles. The minimum absolute atomic E-state index is 0.0297. The van der Waals surface area contributed by atoms with E-state index in [1.807, 2.05) is 0 Å². The molecule has 0 aliphatic carbocycles. The fourth-order valence-electron chi connectivity index (χ4n) is 1.73. The van der Waals surface area contributed by atoms with Crippen LogP contribution in [-0.2, 0) is 14.2 Å². The Morgan fingerprint density at radius 1 is 1.05 bits per heavy atom. The third-order valence-electron chi connectivity index (χ3n) is 2.98. The summed E-state index contributed by atoms with van der Waals surface area (Å²) in [5.74, 6) is 0.700. The standard InChI is InChI=1S/C16H24O5/c1-13(21-10-4-9-20-12-11-18-2)16(17)14-5-7-15(19-3)8-6-14/h5-8,13H,4,9-12H2,1-3H3. The fourth-order valence-corrected chi connectivity index (χ4v) is 1.73. The SMILES string of the molecule is COCCOCCCOC(C)C(=O)c1ccc(OC)cc1. The van der Waals surface area contributed by atoms with Crippen LogP contribution in [0.5, 0.6) is 5.75 Å². The average Bonchev–Trinajstić information content (AvgIpc) is 2.53. The molecule has 0 heterocycles. The second-order valence-corrected chi connectivity index (χ2v) is 4.56. The monoisotopic (exact) mass is 296 g/mol. The number of hydrogen-bond donors (Lipinski definition) is 0. The van der Waals surface area contributed by atoms with Gasteiger partial charge in [0, 0.05) is 25.9 Å². The summed E-state index contributed by atoms with van der Waals surface area (Å²) in [6, 6.07) is 7.02. The van der Waals surface area contributed by atoms with Crippen molar-refractivity contribution in [2.45, 2.75) is 19.4 Å². The van der Waals surface area contributed by atoms with E-state index < -0.39 is 6.10 Å². The molecule has 1 rings (SSSR count). The molecular formula is C16H24O5. The average molecular weight is 296 g/mol. The Morgan fingerprint density at radius 2 is 1.76 bits per heavy atom. The van der Waals surface area contributed by atoms with Crippen LogP contribution in [0.4, 0.5) is 0 Å². The van der Waals surface area contributed by atoms with Crippen LogP contribution in [-0.4, -0.2) is 52.5 Å². The number of hydrogen-bond acceptors (Lipinski definition) is 5. The van der Waals surface area contributed by atoms with Gasteiger partial charge in [0.15, 0.2) is 5.78 Å². The molecular weight excluding hydrogens is 272 g/mol. The fraction of sp³-hybridized carbons (Fsp3) is 0.562. The molecule has 0 spiro atoms. The maximum Gasteiger partial charge on any atom is 0.191 e. The summed E-state index contributed by atoms with van der Waals surface area (Å²) in [5, 5.41) is 0. The summed E-state index contributed by atoms with van der Waals surface area (Å²) in [4.78, 5) is 12.1. The van der Waals surface area contributed by atoms with Gasteiger partial charge in [-0.3, -0.25) is 4.79 Å². The van der Waals surface area contributed by atoms with E-state index in [0.717, 1.165) is 12.2 Å². The highest BCUT2D eigenvalue weighted by molar-refractivity contribution is 5.99. The Kier molecular flexibility index (Phi) is 8.66. The zero-order valence-corrected chi connectivity index (χ0v) is 13.0. The molecule has 0 aliphatic heterocycles. The Balaban J connectivity index is 2.24. The van der Waals surface area contributed by atoms with Crippen molar-refractivity contribution in [3.63, 3.8) is 0 Å². The zero-order valence-electron chi connectivity index (χ0n) is 13.0. The van der Waals surface area contributed by atoms with E-state index in [1.54, 1.807) is 45.4 Å². The Morgan fingerprint density at radius 3 is 2.38 bits per heavy atom. The lowest BCUT2D eigenvalue weighted by atomic mass is 10.1. The maximum atomic E-state index is 12.1. The van der Waals surface area contributed by atoms with Gasteiger partial charge in [0.25, 0.3) is 0 Å². The van der Waals surface area contributed by atoms with Crippen LogP contribution >= 0.6 is 0 Å². The van der Waals surface area contributed by atoms with Gasteiger partial charge in [-0.2, -0.15) is 0 Å². The summed E-state index contributed by atoms with van der Waals surface area (Å²) in [6.45, 7) is 4.03. The van der Waals surface area contributed by atoms with Gasteiger partial charge in [-0.15, -0.1) is 0 Å². The van der Waals surface area contributed by atoms with Gasteiger partial charge in [0.05, 0.1) is 20.3 Å². The van der Waals surface area contributed by atoms with Crippen molar-refractivity contribution in [3.05, 3.63) is 29.8 Å². The van der Waals surface area contributed by atoms with Crippen molar-refractivity contribution in [1.29, 1.82) is 0 Å². The van der Waals surface area contributed by atoms with Crippen molar-refractivity contribution in [1.82, 2.24) is 0 Å². The lowest BCUT2D eigenvalue weighted by molar-refractivity contribution is 0.0286. The van der Waals surface area contributed by atoms with Crippen LogP contribution in [0.1, 0.15) is 23.7 Å². The van der Waals surface area contributed by atoms with Gasteiger partial charge in [0.1, 0.15) is 11.9 Å². The highest BCUT2D eigenvalue weighted by atomic mass is 16.5. The summed E-state index contributed by atoms with van der Waals surface area (Å²) in [6.07, 6.45) is 0.293. The van der Waals surface area contributed by atoms with E-state index in [0.29, 0.717) is 32.0 Å². The van der Waals surface area contributed by atoms with Gasteiger partial charge >= 0.3 is 0 Å². The molecule has 0 bridgehead atoms. The Hall–Kier alpha value is -1.43. The Bertz CT molecular complexity index is 402. The molecule has 1 aromatic rings. The number of carbonyl (C=O) groups excluding carboxylic acids is 1. The Labute approximate surface area is 126 Å². The first-order chi connectivity index (χ1) is 10.2. The normalized spacial score (nSPS) is 12.1. The summed E-state index contributed by atoms with van der Waals surface area (Å²) < 4.78 is 20.8. The number of carbonyl (C=O) groups is 1. The molecule has 0 saturated heterocycles. The molecule has 5 nitrogen and oxygen atoms in total. The van der Waals surface area contributed by atoms with Gasteiger partial charge in [-0.25, -0.2) is 0 Å². The number of Topliss-reactive ketones (excluding diaryl/α,β-unsaturated/α-hetero) is 1. The van der Waals surface area contributed by atoms with Crippen molar-refractivity contribution in [2.24, 2.45) is 0 Å². The van der Waals surface area contributed by atoms with Crippen LogP contribution in [0.3, 0.4) is 0 Å². The third kappa shape index (κ3) is 6.71. The van der Waals surface area contributed by atoms with E-state index in [2.05, 4.69) is 0 Å². The second-order valence-electron chi connectivity index (χ2n) is 4.56. The predicted octanol–water partition coefficient (Wildman–Crippen LogP) is 2.34. The molecule has 5 heteroatoms. The predicted molar refractivity (Wildman–Crippen MR) is 80.1 cm³/mol. The molecule has 1 unspecified atom stereocenters. The van der Waals surface area contributed by atoms with Crippen molar-refractivity contribution >= 4 is 5.78 Å². The van der Waals surface area contributed by atoms with Gasteiger partial charge in [-0.05, 0) is 37.6 Å². The van der Waals surface area contributed by atoms with E-state index in [9.17, 15) is 4.79 Å². The first-order valence-electron chi connectivity index (χ1n) is 7.05. The summed E-state index contributed by atoms with van der Waals surface area (Å²) in [5.41, 5.74) is 0.625. The van der Waals surface area contributed by atoms with Gasteiger partial charge in [0.2, 0.25) is 0 Å². The van der Waals surface area contributed by atoms with Crippen LogP contribution in [0, 0.1) is 0 Å².